The first kappa shape index (κ1) is 12.6. The van der Waals surface area contributed by atoms with Gasteiger partial charge in [0.25, 0.3) is 0 Å². The van der Waals surface area contributed by atoms with Crippen molar-refractivity contribution in [2.24, 2.45) is 0 Å². The molecular weight excluding hydrogens is 228 g/mol. The molecule has 16 heavy (non-hydrogen) atoms. The van der Waals surface area contributed by atoms with E-state index in [1.807, 2.05) is 0 Å². The van der Waals surface area contributed by atoms with Gasteiger partial charge in [-0.15, -0.1) is 11.3 Å². The number of rotatable bonds is 5. The highest BCUT2D eigenvalue weighted by molar-refractivity contribution is 7.07. The molecule has 0 spiro atoms. The average molecular weight is 242 g/mol. The van der Waals surface area contributed by atoms with Gasteiger partial charge in [-0.2, -0.15) is 0 Å². The fourth-order valence-corrected chi connectivity index (χ4v) is 1.89. The third-order valence-electron chi connectivity index (χ3n) is 1.90. The lowest BCUT2D eigenvalue weighted by molar-refractivity contribution is -0.138. The summed E-state index contributed by atoms with van der Waals surface area (Å²) in [7, 11) is 0. The van der Waals surface area contributed by atoms with Crippen LogP contribution < -0.4 is 5.32 Å². The van der Waals surface area contributed by atoms with Crippen LogP contribution >= 0.6 is 11.3 Å². The van der Waals surface area contributed by atoms with E-state index in [2.05, 4.69) is 10.3 Å². The van der Waals surface area contributed by atoms with Crippen molar-refractivity contribution in [1.82, 2.24) is 10.3 Å². The van der Waals surface area contributed by atoms with E-state index in [1.54, 1.807) is 24.7 Å². The van der Waals surface area contributed by atoms with Crippen molar-refractivity contribution < 1.29 is 14.7 Å². The quantitative estimate of drug-likeness (QED) is 0.809. The zero-order chi connectivity index (χ0) is 12.2. The maximum atomic E-state index is 11.6. The number of carboxylic acids is 1. The molecule has 2 N–H and O–H groups in total. The molecule has 0 aliphatic heterocycles. The molecule has 0 saturated heterocycles. The number of carboxylic acid groups (broad SMARTS) is 1. The number of carbonyl (C=O) groups is 2. The normalized spacial score (nSPS) is 11.1. The summed E-state index contributed by atoms with van der Waals surface area (Å²) in [6.07, 6.45) is 0.0857. The second kappa shape index (κ2) is 5.07. The first-order valence-electron chi connectivity index (χ1n) is 4.79. The average Bonchev–Trinajstić information content (AvgIpc) is 2.51. The van der Waals surface area contributed by atoms with E-state index in [0.29, 0.717) is 5.69 Å². The van der Waals surface area contributed by atoms with Crippen LogP contribution in [0.3, 0.4) is 0 Å². The second-order valence-electron chi connectivity index (χ2n) is 4.16. The molecule has 1 aromatic heterocycles. The zero-order valence-corrected chi connectivity index (χ0v) is 10.0. The molecule has 0 bridgehead atoms. The van der Waals surface area contributed by atoms with Gasteiger partial charge >= 0.3 is 5.97 Å². The topological polar surface area (TPSA) is 79.3 Å². The molecule has 0 atom stereocenters. The molecular formula is C10H14N2O3S. The van der Waals surface area contributed by atoms with Crippen LogP contribution in [0.15, 0.2) is 10.9 Å². The van der Waals surface area contributed by atoms with Crippen molar-refractivity contribution >= 4 is 23.2 Å². The molecule has 1 amide bonds. The van der Waals surface area contributed by atoms with Crippen LogP contribution in [0.2, 0.25) is 0 Å². The predicted octanol–water partition coefficient (Wildman–Crippen LogP) is 1.06. The van der Waals surface area contributed by atoms with Gasteiger partial charge in [0.05, 0.1) is 24.0 Å². The number of nitrogens with zero attached hydrogens (tertiary/aromatic N) is 1. The van der Waals surface area contributed by atoms with Crippen LogP contribution in [0, 0.1) is 0 Å². The number of hydrogen-bond acceptors (Lipinski definition) is 4. The minimum absolute atomic E-state index is 0.101. The van der Waals surface area contributed by atoms with Crippen LogP contribution in [0.4, 0.5) is 0 Å². The minimum Gasteiger partial charge on any atom is -0.481 e. The monoisotopic (exact) mass is 242 g/mol. The Morgan fingerprint density at radius 1 is 1.56 bits per heavy atom. The molecule has 0 aliphatic rings. The fourth-order valence-electron chi connectivity index (χ4n) is 1.33. The Labute approximate surface area is 97.5 Å². The van der Waals surface area contributed by atoms with E-state index >= 15 is 0 Å². The van der Waals surface area contributed by atoms with E-state index in [9.17, 15) is 9.59 Å². The van der Waals surface area contributed by atoms with Gasteiger partial charge in [0, 0.05) is 10.9 Å². The molecule has 1 heterocycles. The number of aliphatic carboxylic acids is 1. The van der Waals surface area contributed by atoms with Gasteiger partial charge in [-0.25, -0.2) is 4.98 Å². The van der Waals surface area contributed by atoms with Gasteiger partial charge in [-0.1, -0.05) is 0 Å². The standard InChI is InChI=1S/C10H14N2O3S/c1-10(2,4-9(14)15)12-8(13)3-7-5-16-6-11-7/h5-6H,3-4H2,1-2H3,(H,12,13)(H,14,15). The lowest BCUT2D eigenvalue weighted by atomic mass is 10.0. The van der Waals surface area contributed by atoms with E-state index in [4.69, 9.17) is 5.11 Å². The first-order chi connectivity index (χ1) is 7.39. The zero-order valence-electron chi connectivity index (χ0n) is 9.19. The summed E-state index contributed by atoms with van der Waals surface area (Å²) in [5, 5.41) is 13.1. The SMILES string of the molecule is CC(C)(CC(=O)O)NC(=O)Cc1cscn1. The van der Waals surface area contributed by atoms with Crippen molar-refractivity contribution in [3.8, 4) is 0 Å². The molecule has 5 nitrogen and oxygen atoms in total. The van der Waals surface area contributed by atoms with E-state index in [1.165, 1.54) is 11.3 Å². The first-order valence-corrected chi connectivity index (χ1v) is 5.73. The molecule has 1 rings (SSSR count). The molecule has 0 fully saturated rings. The van der Waals surface area contributed by atoms with Crippen LogP contribution in [-0.2, 0) is 16.0 Å². The van der Waals surface area contributed by atoms with Gasteiger partial charge in [0.2, 0.25) is 5.91 Å². The van der Waals surface area contributed by atoms with Crippen molar-refractivity contribution in [3.05, 3.63) is 16.6 Å². The maximum Gasteiger partial charge on any atom is 0.305 e. The van der Waals surface area contributed by atoms with Crippen LogP contribution in [0.1, 0.15) is 26.0 Å². The summed E-state index contributed by atoms with van der Waals surface area (Å²) in [5.74, 6) is -1.14. The highest BCUT2D eigenvalue weighted by Crippen LogP contribution is 2.09. The Morgan fingerprint density at radius 2 is 2.25 bits per heavy atom. The van der Waals surface area contributed by atoms with Gasteiger partial charge in [-0.05, 0) is 13.8 Å². The summed E-state index contributed by atoms with van der Waals surface area (Å²) in [6.45, 7) is 3.36. The maximum absolute atomic E-state index is 11.6. The predicted molar refractivity (Wildman–Crippen MR) is 60.3 cm³/mol. The van der Waals surface area contributed by atoms with E-state index in [-0.39, 0.29) is 18.7 Å². The smallest absolute Gasteiger partial charge is 0.305 e. The van der Waals surface area contributed by atoms with Gasteiger partial charge < -0.3 is 10.4 Å². The lowest BCUT2D eigenvalue weighted by Crippen LogP contribution is -2.45. The number of amides is 1. The summed E-state index contributed by atoms with van der Waals surface area (Å²) < 4.78 is 0. The van der Waals surface area contributed by atoms with Crippen molar-refractivity contribution in [2.45, 2.75) is 32.2 Å². The van der Waals surface area contributed by atoms with Gasteiger partial charge in [0.15, 0.2) is 0 Å². The largest absolute Gasteiger partial charge is 0.481 e. The minimum atomic E-state index is -0.932. The third-order valence-corrected chi connectivity index (χ3v) is 2.53. The highest BCUT2D eigenvalue weighted by Gasteiger charge is 2.23. The Hall–Kier alpha value is -1.43. The van der Waals surface area contributed by atoms with Crippen molar-refractivity contribution in [2.75, 3.05) is 0 Å². The molecule has 0 unspecified atom stereocenters. The summed E-state index contributed by atoms with van der Waals surface area (Å²) in [5.41, 5.74) is 1.62. The molecule has 1 aromatic rings. The fraction of sp³-hybridized carbons (Fsp3) is 0.500. The number of thiazole rings is 1. The number of aromatic nitrogens is 1. The summed E-state index contributed by atoms with van der Waals surface area (Å²) >= 11 is 1.42. The highest BCUT2D eigenvalue weighted by atomic mass is 32.1. The Balaban J connectivity index is 2.47. The molecule has 0 radical (unpaired) electrons. The lowest BCUT2D eigenvalue weighted by Gasteiger charge is -2.23. The van der Waals surface area contributed by atoms with Gasteiger partial charge in [-0.3, -0.25) is 9.59 Å². The summed E-state index contributed by atoms with van der Waals surface area (Å²) in [6, 6.07) is 0. The van der Waals surface area contributed by atoms with Crippen LogP contribution in [0.5, 0.6) is 0 Å². The van der Waals surface area contributed by atoms with E-state index in [0.717, 1.165) is 0 Å². The second-order valence-corrected chi connectivity index (χ2v) is 4.88. The number of hydrogen-bond donors (Lipinski definition) is 2. The summed E-state index contributed by atoms with van der Waals surface area (Å²) in [4.78, 5) is 26.1. The van der Waals surface area contributed by atoms with Crippen LogP contribution in [-0.4, -0.2) is 27.5 Å². The van der Waals surface area contributed by atoms with Crippen molar-refractivity contribution in [3.63, 3.8) is 0 Å². The third kappa shape index (κ3) is 4.39. The van der Waals surface area contributed by atoms with E-state index < -0.39 is 11.5 Å². The molecule has 0 saturated carbocycles. The molecule has 0 aliphatic carbocycles. The number of nitrogens with one attached hydrogen (secondary N) is 1. The number of carbonyl (C=O) groups excluding carboxylic acids is 1. The molecule has 88 valence electrons. The Kier molecular flexibility index (Phi) is 4.00. The van der Waals surface area contributed by atoms with Crippen molar-refractivity contribution in [1.29, 1.82) is 0 Å². The van der Waals surface area contributed by atoms with Gasteiger partial charge in [0.1, 0.15) is 0 Å². The molecule has 0 aromatic carbocycles. The Bertz CT molecular complexity index is 373. The Morgan fingerprint density at radius 3 is 2.75 bits per heavy atom. The molecule has 6 heteroatoms. The van der Waals surface area contributed by atoms with Crippen LogP contribution in [0.25, 0.3) is 0 Å².